The molecule has 0 bridgehead atoms. The molecule has 29 heavy (non-hydrogen) atoms. The lowest BCUT2D eigenvalue weighted by atomic mass is 10.1. The van der Waals surface area contributed by atoms with Crippen molar-refractivity contribution < 1.29 is 9.59 Å². The monoisotopic (exact) mass is 416 g/mol. The Bertz CT molecular complexity index is 1120. The van der Waals surface area contributed by atoms with E-state index >= 15 is 0 Å². The molecule has 0 spiro atoms. The van der Waals surface area contributed by atoms with Crippen LogP contribution >= 0.6 is 11.8 Å². The number of hydrogen-bond donors (Lipinski definition) is 2. The maximum Gasteiger partial charge on any atom is 0.318 e. The first-order valence-electron chi connectivity index (χ1n) is 9.48. The smallest absolute Gasteiger partial charge is 0.318 e. The molecule has 1 atom stereocenters. The molecular weight excluding hydrogens is 392 g/mol. The second-order valence-corrected chi connectivity index (χ2v) is 8.19. The van der Waals surface area contributed by atoms with Crippen LogP contribution in [0.1, 0.15) is 33.6 Å². The molecule has 10 heteroatoms. The van der Waals surface area contributed by atoms with Gasteiger partial charge in [-0.05, 0) is 24.5 Å². The summed E-state index contributed by atoms with van der Waals surface area (Å²) in [5.41, 5.74) is 5.66. The number of primary amides is 1. The number of aryl methyl sites for hydroxylation is 1. The maximum atomic E-state index is 13.0. The molecule has 0 aliphatic carbocycles. The minimum Gasteiger partial charge on any atom is -0.351 e. The van der Waals surface area contributed by atoms with E-state index in [0.29, 0.717) is 28.4 Å². The van der Waals surface area contributed by atoms with Crippen molar-refractivity contribution in [3.05, 3.63) is 34.6 Å². The normalized spacial score (nSPS) is 12.6. The highest BCUT2D eigenvalue weighted by atomic mass is 32.2. The molecule has 1 aromatic carbocycles. The number of para-hydroxylation sites is 1. The number of urea groups is 1. The molecule has 0 fully saturated rings. The summed E-state index contributed by atoms with van der Waals surface area (Å²) < 4.78 is 3.42. The number of carbonyl (C=O) groups is 2. The molecule has 0 radical (unpaired) electrons. The van der Waals surface area contributed by atoms with E-state index in [9.17, 15) is 14.4 Å². The van der Waals surface area contributed by atoms with E-state index in [2.05, 4.69) is 22.4 Å². The molecule has 2 aromatic heterocycles. The zero-order chi connectivity index (χ0) is 21.1. The lowest BCUT2D eigenvalue weighted by Gasteiger charge is -2.18. The number of rotatable bonds is 7. The van der Waals surface area contributed by atoms with Gasteiger partial charge in [-0.1, -0.05) is 51.1 Å². The number of thioether (sulfide) groups is 1. The number of aromatic nitrogens is 4. The fraction of sp³-hybridized carbons (Fsp3) is 0.421. The zero-order valence-electron chi connectivity index (χ0n) is 16.6. The van der Waals surface area contributed by atoms with E-state index in [1.54, 1.807) is 15.0 Å². The third-order valence-electron chi connectivity index (χ3n) is 4.56. The number of nitrogens with two attached hydrogens (primary N) is 1. The second kappa shape index (κ2) is 8.64. The first kappa shape index (κ1) is 20.8. The highest BCUT2D eigenvalue weighted by Gasteiger charge is 2.28. The number of unbranched alkanes of at least 4 members (excludes halogenated alkanes) is 1. The van der Waals surface area contributed by atoms with E-state index in [1.165, 1.54) is 11.8 Å². The Labute approximate surface area is 171 Å². The van der Waals surface area contributed by atoms with Crippen molar-refractivity contribution in [1.82, 2.24) is 24.5 Å². The van der Waals surface area contributed by atoms with Crippen LogP contribution in [0.5, 0.6) is 0 Å². The van der Waals surface area contributed by atoms with Gasteiger partial charge in [0.1, 0.15) is 0 Å². The van der Waals surface area contributed by atoms with Crippen LogP contribution in [-0.4, -0.2) is 36.4 Å². The summed E-state index contributed by atoms with van der Waals surface area (Å²) in [7, 11) is 0. The van der Waals surface area contributed by atoms with Gasteiger partial charge in [-0.2, -0.15) is 0 Å². The quantitative estimate of drug-likeness (QED) is 0.569. The minimum atomic E-state index is -0.897. The summed E-state index contributed by atoms with van der Waals surface area (Å²) in [6.07, 6.45) is 1.77. The number of imide groups is 1. The summed E-state index contributed by atoms with van der Waals surface area (Å²) >= 11 is 1.19. The molecular formula is C19H24N6O3S. The standard InChI is InChI=1S/C19H24N6O3S/c1-4-5-10-24-16(27)12-8-6-7-9-13(12)25-18(24)22-23-19(25)29-14(11(2)3)15(26)21-17(20)28/h6-9,11,14H,4-5,10H2,1-3H3,(H3,20,21,26,28)/t14-/m1/s1. The van der Waals surface area contributed by atoms with Crippen molar-refractivity contribution in [2.45, 2.75) is 50.6 Å². The van der Waals surface area contributed by atoms with Crippen LogP contribution in [0.4, 0.5) is 4.79 Å². The zero-order valence-corrected chi connectivity index (χ0v) is 17.4. The summed E-state index contributed by atoms with van der Waals surface area (Å²) in [4.78, 5) is 36.5. The van der Waals surface area contributed by atoms with Crippen molar-refractivity contribution in [2.75, 3.05) is 0 Å². The molecule has 3 amide bonds. The lowest BCUT2D eigenvalue weighted by molar-refractivity contribution is -0.120. The van der Waals surface area contributed by atoms with Gasteiger partial charge in [0, 0.05) is 6.54 Å². The molecule has 0 saturated heterocycles. The van der Waals surface area contributed by atoms with Gasteiger partial charge in [0.2, 0.25) is 11.7 Å². The van der Waals surface area contributed by atoms with E-state index in [0.717, 1.165) is 12.8 Å². The summed E-state index contributed by atoms with van der Waals surface area (Å²) in [5.74, 6) is -0.149. The molecule has 3 aromatic rings. The Kier molecular flexibility index (Phi) is 6.21. The van der Waals surface area contributed by atoms with Gasteiger partial charge in [0.25, 0.3) is 5.56 Å². The summed E-state index contributed by atoms with van der Waals surface area (Å²) in [5, 5.41) is 11.1. The van der Waals surface area contributed by atoms with Crippen LogP contribution in [0.3, 0.4) is 0 Å². The van der Waals surface area contributed by atoms with Crippen LogP contribution in [-0.2, 0) is 11.3 Å². The Hall–Kier alpha value is -2.88. The molecule has 0 aliphatic rings. The SMILES string of the molecule is CCCCn1c(=O)c2ccccc2n2c(S[C@@H](C(=O)NC(N)=O)C(C)C)nnc12. The number of nitrogens with zero attached hydrogens (tertiary/aromatic N) is 4. The Morgan fingerprint density at radius 3 is 2.62 bits per heavy atom. The predicted octanol–water partition coefficient (Wildman–Crippen LogP) is 2.16. The summed E-state index contributed by atoms with van der Waals surface area (Å²) in [6, 6.07) is 6.36. The molecule has 0 unspecified atom stereocenters. The number of benzene rings is 1. The number of hydrogen-bond acceptors (Lipinski definition) is 6. The molecule has 0 saturated carbocycles. The van der Waals surface area contributed by atoms with Crippen LogP contribution < -0.4 is 16.6 Å². The molecule has 154 valence electrons. The number of amides is 3. The molecule has 9 nitrogen and oxygen atoms in total. The maximum absolute atomic E-state index is 13.0. The van der Waals surface area contributed by atoms with Crippen molar-refractivity contribution in [2.24, 2.45) is 11.7 Å². The number of nitrogens with one attached hydrogen (secondary N) is 1. The van der Waals surface area contributed by atoms with Crippen molar-refractivity contribution in [3.8, 4) is 0 Å². The molecule has 3 N–H and O–H groups in total. The largest absolute Gasteiger partial charge is 0.351 e. The highest BCUT2D eigenvalue weighted by Crippen LogP contribution is 2.29. The van der Waals surface area contributed by atoms with Gasteiger partial charge < -0.3 is 5.73 Å². The van der Waals surface area contributed by atoms with Crippen LogP contribution in [0.25, 0.3) is 16.7 Å². The van der Waals surface area contributed by atoms with Crippen LogP contribution in [0.2, 0.25) is 0 Å². The average molecular weight is 417 g/mol. The third-order valence-corrected chi connectivity index (χ3v) is 6.04. The Morgan fingerprint density at radius 2 is 1.97 bits per heavy atom. The second-order valence-electron chi connectivity index (χ2n) is 7.08. The van der Waals surface area contributed by atoms with Crippen LogP contribution in [0, 0.1) is 5.92 Å². The molecule has 2 heterocycles. The number of fused-ring (bicyclic) bond motifs is 3. The van der Waals surface area contributed by atoms with Gasteiger partial charge in [-0.15, -0.1) is 10.2 Å². The van der Waals surface area contributed by atoms with E-state index < -0.39 is 17.2 Å². The highest BCUT2D eigenvalue weighted by molar-refractivity contribution is 8.00. The average Bonchev–Trinajstić information content (AvgIpc) is 3.09. The van der Waals surface area contributed by atoms with E-state index in [4.69, 9.17) is 5.73 Å². The van der Waals surface area contributed by atoms with Gasteiger partial charge in [0.05, 0.1) is 16.2 Å². The van der Waals surface area contributed by atoms with Crippen LogP contribution in [0.15, 0.2) is 34.2 Å². The predicted molar refractivity (Wildman–Crippen MR) is 112 cm³/mol. The van der Waals surface area contributed by atoms with E-state index in [1.807, 2.05) is 32.0 Å². The Balaban J connectivity index is 2.16. The van der Waals surface area contributed by atoms with Gasteiger partial charge in [-0.25, -0.2) is 4.79 Å². The lowest BCUT2D eigenvalue weighted by Crippen LogP contribution is -2.42. The van der Waals surface area contributed by atoms with Gasteiger partial charge in [-0.3, -0.25) is 23.9 Å². The van der Waals surface area contributed by atoms with Crippen molar-refractivity contribution in [3.63, 3.8) is 0 Å². The minimum absolute atomic E-state index is 0.0936. The van der Waals surface area contributed by atoms with E-state index in [-0.39, 0.29) is 11.5 Å². The fourth-order valence-electron chi connectivity index (χ4n) is 3.13. The first-order chi connectivity index (χ1) is 13.8. The third kappa shape index (κ3) is 4.12. The molecule has 3 rings (SSSR count). The Morgan fingerprint density at radius 1 is 1.24 bits per heavy atom. The fourth-order valence-corrected chi connectivity index (χ4v) is 4.16. The first-order valence-corrected chi connectivity index (χ1v) is 10.4. The van der Waals surface area contributed by atoms with Crippen molar-refractivity contribution in [1.29, 1.82) is 0 Å². The van der Waals surface area contributed by atoms with Gasteiger partial charge >= 0.3 is 6.03 Å². The summed E-state index contributed by atoms with van der Waals surface area (Å²) in [6.45, 7) is 6.33. The number of carbonyl (C=O) groups excluding carboxylic acids is 2. The van der Waals surface area contributed by atoms with Crippen molar-refractivity contribution >= 4 is 40.4 Å². The molecule has 0 aliphatic heterocycles. The topological polar surface area (TPSA) is 124 Å². The van der Waals surface area contributed by atoms with Gasteiger partial charge in [0.15, 0.2) is 5.16 Å².